The van der Waals surface area contributed by atoms with Crippen molar-refractivity contribution in [3.63, 3.8) is 0 Å². The number of nitrogens with two attached hydrogens (primary N) is 2. The van der Waals surface area contributed by atoms with Crippen LogP contribution < -0.4 is 11.5 Å². The standard InChI is InChI=1S/C14H14N4/c1-9-4-5-10(7-12(9)16)13-8-18-6-2-3-11(15)14(18)17-13/h2-8H,15-16H2,1H3. The number of anilines is 2. The van der Waals surface area contributed by atoms with Gasteiger partial charge in [-0.15, -0.1) is 0 Å². The van der Waals surface area contributed by atoms with E-state index in [-0.39, 0.29) is 0 Å². The third kappa shape index (κ3) is 1.59. The van der Waals surface area contributed by atoms with Crippen LogP contribution in [-0.2, 0) is 0 Å². The zero-order valence-corrected chi connectivity index (χ0v) is 10.1. The maximum atomic E-state index is 5.92. The largest absolute Gasteiger partial charge is 0.398 e. The summed E-state index contributed by atoms with van der Waals surface area (Å²) in [6.45, 7) is 1.99. The molecule has 0 amide bonds. The van der Waals surface area contributed by atoms with Crippen molar-refractivity contribution in [1.82, 2.24) is 9.38 Å². The predicted octanol–water partition coefficient (Wildman–Crippen LogP) is 2.47. The smallest absolute Gasteiger partial charge is 0.160 e. The van der Waals surface area contributed by atoms with Crippen molar-refractivity contribution < 1.29 is 0 Å². The van der Waals surface area contributed by atoms with E-state index in [1.165, 1.54) is 0 Å². The first kappa shape index (κ1) is 10.7. The number of fused-ring (bicyclic) bond motifs is 1. The first-order valence-corrected chi connectivity index (χ1v) is 5.75. The summed E-state index contributed by atoms with van der Waals surface area (Å²) in [5, 5.41) is 0. The summed E-state index contributed by atoms with van der Waals surface area (Å²) in [4.78, 5) is 4.54. The van der Waals surface area contributed by atoms with Gasteiger partial charge < -0.3 is 15.9 Å². The number of rotatable bonds is 1. The fraction of sp³-hybridized carbons (Fsp3) is 0.0714. The van der Waals surface area contributed by atoms with Gasteiger partial charge >= 0.3 is 0 Å². The average molecular weight is 238 g/mol. The lowest BCUT2D eigenvalue weighted by Gasteiger charge is -2.01. The quantitative estimate of drug-likeness (QED) is 0.640. The maximum Gasteiger partial charge on any atom is 0.160 e. The highest BCUT2D eigenvalue weighted by Crippen LogP contribution is 2.24. The van der Waals surface area contributed by atoms with Crippen LogP contribution in [0.3, 0.4) is 0 Å². The molecule has 90 valence electrons. The third-order valence-electron chi connectivity index (χ3n) is 3.09. The molecule has 2 heterocycles. The van der Waals surface area contributed by atoms with E-state index in [1.54, 1.807) is 0 Å². The van der Waals surface area contributed by atoms with Gasteiger partial charge in [-0.3, -0.25) is 0 Å². The van der Waals surface area contributed by atoms with Crippen molar-refractivity contribution in [2.75, 3.05) is 11.5 Å². The number of aromatic nitrogens is 2. The number of nitrogens with zero attached hydrogens (tertiary/aromatic N) is 2. The summed E-state index contributed by atoms with van der Waals surface area (Å²) in [5.74, 6) is 0. The first-order valence-electron chi connectivity index (χ1n) is 5.75. The Bertz CT molecular complexity index is 728. The van der Waals surface area contributed by atoms with Gasteiger partial charge in [0.05, 0.1) is 11.4 Å². The van der Waals surface area contributed by atoms with Crippen LogP contribution in [0.15, 0.2) is 42.7 Å². The van der Waals surface area contributed by atoms with Crippen molar-refractivity contribution in [2.24, 2.45) is 0 Å². The fourth-order valence-corrected chi connectivity index (χ4v) is 1.97. The Kier molecular flexibility index (Phi) is 2.23. The minimum atomic E-state index is 0.670. The molecule has 0 spiro atoms. The Morgan fingerprint density at radius 2 is 1.94 bits per heavy atom. The molecule has 0 aliphatic rings. The molecule has 0 fully saturated rings. The molecule has 0 aliphatic carbocycles. The van der Waals surface area contributed by atoms with Gasteiger partial charge in [0.25, 0.3) is 0 Å². The molecule has 0 saturated carbocycles. The lowest BCUT2D eigenvalue weighted by molar-refractivity contribution is 1.19. The predicted molar refractivity (Wildman–Crippen MR) is 74.2 cm³/mol. The molecular formula is C14H14N4. The Hall–Kier alpha value is -2.49. The van der Waals surface area contributed by atoms with Crippen LogP contribution in [0.25, 0.3) is 16.9 Å². The highest BCUT2D eigenvalue weighted by molar-refractivity contribution is 5.72. The molecule has 3 rings (SSSR count). The molecule has 0 saturated heterocycles. The monoisotopic (exact) mass is 238 g/mol. The van der Waals surface area contributed by atoms with Crippen LogP contribution in [0.1, 0.15) is 5.56 Å². The highest BCUT2D eigenvalue weighted by Gasteiger charge is 2.07. The van der Waals surface area contributed by atoms with E-state index in [1.807, 2.05) is 54.0 Å². The summed E-state index contributed by atoms with van der Waals surface area (Å²) in [6.07, 6.45) is 3.88. The molecule has 4 heteroatoms. The van der Waals surface area contributed by atoms with E-state index < -0.39 is 0 Å². The molecule has 18 heavy (non-hydrogen) atoms. The van der Waals surface area contributed by atoms with Gasteiger partial charge in [-0.05, 0) is 30.7 Å². The summed E-state index contributed by atoms with van der Waals surface area (Å²) in [6, 6.07) is 9.70. The minimum absolute atomic E-state index is 0.670. The molecule has 0 aliphatic heterocycles. The van der Waals surface area contributed by atoms with E-state index in [0.717, 1.165) is 28.2 Å². The van der Waals surface area contributed by atoms with Crippen LogP contribution >= 0.6 is 0 Å². The second-order valence-corrected chi connectivity index (χ2v) is 4.39. The lowest BCUT2D eigenvalue weighted by Crippen LogP contribution is -1.90. The molecule has 0 atom stereocenters. The molecule has 4 nitrogen and oxygen atoms in total. The number of nitrogen functional groups attached to an aromatic ring is 2. The second-order valence-electron chi connectivity index (χ2n) is 4.39. The van der Waals surface area contributed by atoms with E-state index in [0.29, 0.717) is 5.69 Å². The molecule has 0 bridgehead atoms. The minimum Gasteiger partial charge on any atom is -0.398 e. The van der Waals surface area contributed by atoms with E-state index in [4.69, 9.17) is 11.5 Å². The molecule has 4 N–H and O–H groups in total. The Labute approximate surface area is 105 Å². The van der Waals surface area contributed by atoms with Crippen LogP contribution in [0.5, 0.6) is 0 Å². The molecule has 2 aromatic heterocycles. The van der Waals surface area contributed by atoms with Gasteiger partial charge in [0.2, 0.25) is 0 Å². The topological polar surface area (TPSA) is 69.3 Å². The van der Waals surface area contributed by atoms with Gasteiger partial charge in [0.15, 0.2) is 5.65 Å². The van der Waals surface area contributed by atoms with E-state index >= 15 is 0 Å². The van der Waals surface area contributed by atoms with E-state index in [9.17, 15) is 0 Å². The molecule has 1 aromatic carbocycles. The fourth-order valence-electron chi connectivity index (χ4n) is 1.97. The zero-order valence-electron chi connectivity index (χ0n) is 10.1. The summed E-state index contributed by atoms with van der Waals surface area (Å²) in [7, 11) is 0. The van der Waals surface area contributed by atoms with Crippen LogP contribution in [0.4, 0.5) is 11.4 Å². The van der Waals surface area contributed by atoms with E-state index in [2.05, 4.69) is 4.98 Å². The van der Waals surface area contributed by atoms with Crippen molar-refractivity contribution in [3.8, 4) is 11.3 Å². The van der Waals surface area contributed by atoms with Crippen LogP contribution in [0.2, 0.25) is 0 Å². The Morgan fingerprint density at radius 1 is 1.11 bits per heavy atom. The number of pyridine rings is 1. The van der Waals surface area contributed by atoms with Gasteiger partial charge in [0, 0.05) is 23.6 Å². The number of aryl methyl sites for hydroxylation is 1. The SMILES string of the molecule is Cc1ccc(-c2cn3cccc(N)c3n2)cc1N. The molecule has 0 unspecified atom stereocenters. The number of hydrogen-bond acceptors (Lipinski definition) is 3. The Morgan fingerprint density at radius 3 is 2.67 bits per heavy atom. The van der Waals surface area contributed by atoms with Crippen molar-refractivity contribution in [3.05, 3.63) is 48.3 Å². The molecule has 3 aromatic rings. The lowest BCUT2D eigenvalue weighted by atomic mass is 10.1. The summed E-state index contributed by atoms with van der Waals surface area (Å²) in [5.41, 5.74) is 17.0. The second kappa shape index (κ2) is 3.77. The van der Waals surface area contributed by atoms with Crippen LogP contribution in [0, 0.1) is 6.92 Å². The zero-order chi connectivity index (χ0) is 12.7. The normalized spacial score (nSPS) is 10.9. The third-order valence-corrected chi connectivity index (χ3v) is 3.09. The first-order chi connectivity index (χ1) is 8.65. The summed E-state index contributed by atoms with van der Waals surface area (Å²) < 4.78 is 1.92. The number of hydrogen-bond donors (Lipinski definition) is 2. The Balaban J connectivity index is 2.19. The van der Waals surface area contributed by atoms with Gasteiger partial charge in [-0.2, -0.15) is 0 Å². The molecule has 0 radical (unpaired) electrons. The number of benzene rings is 1. The van der Waals surface area contributed by atoms with Crippen molar-refractivity contribution >= 4 is 17.0 Å². The summed E-state index contributed by atoms with van der Waals surface area (Å²) >= 11 is 0. The van der Waals surface area contributed by atoms with Gasteiger partial charge in [-0.25, -0.2) is 4.98 Å². The molecular weight excluding hydrogens is 224 g/mol. The number of imidazole rings is 1. The highest BCUT2D eigenvalue weighted by atomic mass is 15.0. The van der Waals surface area contributed by atoms with Crippen LogP contribution in [-0.4, -0.2) is 9.38 Å². The average Bonchev–Trinajstić information content (AvgIpc) is 2.78. The van der Waals surface area contributed by atoms with Crippen molar-refractivity contribution in [2.45, 2.75) is 6.92 Å². The van der Waals surface area contributed by atoms with Crippen molar-refractivity contribution in [1.29, 1.82) is 0 Å². The van der Waals surface area contributed by atoms with Gasteiger partial charge in [0.1, 0.15) is 0 Å². The maximum absolute atomic E-state index is 5.92. The van der Waals surface area contributed by atoms with Gasteiger partial charge in [-0.1, -0.05) is 12.1 Å².